The van der Waals surface area contributed by atoms with Crippen LogP contribution >= 0.6 is 0 Å². The van der Waals surface area contributed by atoms with Crippen molar-refractivity contribution >= 4 is 17.6 Å². The number of aliphatic hydroxyl groups is 1. The number of aliphatic hydroxyl groups excluding tert-OH is 1. The van der Waals surface area contributed by atoms with E-state index in [1.165, 1.54) is 35.9 Å². The number of aryl methyl sites for hydroxylation is 1. The third-order valence-corrected chi connectivity index (χ3v) is 5.67. The van der Waals surface area contributed by atoms with E-state index in [0.29, 0.717) is 29.2 Å². The van der Waals surface area contributed by atoms with Gasteiger partial charge in [-0.3, -0.25) is 9.59 Å². The lowest BCUT2D eigenvalue weighted by Gasteiger charge is -2.11. The Morgan fingerprint density at radius 3 is 2.55 bits per heavy atom. The molecular weight excluding hydrogens is 570 g/mol. The number of oxime groups is 1. The molecule has 0 saturated carbocycles. The van der Waals surface area contributed by atoms with Crippen LogP contribution in [0.3, 0.4) is 0 Å². The van der Waals surface area contributed by atoms with Crippen LogP contribution in [0.5, 0.6) is 5.75 Å². The van der Waals surface area contributed by atoms with Gasteiger partial charge in [0, 0.05) is 37.3 Å². The summed E-state index contributed by atoms with van der Waals surface area (Å²) in [4.78, 5) is 47.7. The summed E-state index contributed by atoms with van der Waals surface area (Å²) in [6, 6.07) is 8.96. The lowest BCUT2D eigenvalue weighted by atomic mass is 10.0. The minimum absolute atomic E-state index is 0.0949. The van der Waals surface area contributed by atoms with Gasteiger partial charge in [-0.1, -0.05) is 11.2 Å². The predicted molar refractivity (Wildman–Crippen MR) is 137 cm³/mol. The number of alkyl halides is 3. The van der Waals surface area contributed by atoms with Gasteiger partial charge in [-0.05, 0) is 36.8 Å². The Morgan fingerprint density at radius 2 is 1.90 bits per heavy atom. The summed E-state index contributed by atoms with van der Waals surface area (Å²) < 4.78 is 51.7. The summed E-state index contributed by atoms with van der Waals surface area (Å²) in [6.07, 6.45) is -3.50. The third-order valence-electron chi connectivity index (χ3n) is 5.67. The molecule has 1 aliphatic heterocycles. The fraction of sp³-hybridized carbons (Fsp3) is 0.308. The van der Waals surface area contributed by atoms with Gasteiger partial charge in [0.05, 0.1) is 19.4 Å². The molecule has 0 radical (unpaired) electrons. The number of amides is 1. The van der Waals surface area contributed by atoms with Crippen LogP contribution in [0.2, 0.25) is 0 Å². The second-order valence-corrected chi connectivity index (χ2v) is 8.69. The zero-order valence-electron chi connectivity index (χ0n) is 22.2. The first-order valence-corrected chi connectivity index (χ1v) is 12.1. The van der Waals surface area contributed by atoms with Crippen molar-refractivity contribution in [3.05, 3.63) is 87.1 Å². The molecular formula is C26H25F4N5O7. The van der Waals surface area contributed by atoms with Crippen molar-refractivity contribution in [2.45, 2.75) is 38.7 Å². The standard InChI is InChI=1S/C24H24FN5O5.C2HF3O2/c1-14-27-18(19-11-21(35-29-19)16-4-6-23(32)30(13-16)7-8-31)10-20(28-14)24(33)26-12-15-3-5-17(25)22(9-15)34-2;3-2(4,5)1(6)7/h3-6,9-10,13,21,31H,7-8,11-12H2,1-2H3,(H,26,33);(H,6,7). The Morgan fingerprint density at radius 1 is 1.19 bits per heavy atom. The maximum Gasteiger partial charge on any atom is 0.490 e. The number of hydrogen-bond donors (Lipinski definition) is 3. The number of aromatic nitrogens is 3. The Hall–Kier alpha value is -4.86. The number of aliphatic carboxylic acids is 1. The summed E-state index contributed by atoms with van der Waals surface area (Å²) in [5, 5.41) is 23.2. The molecule has 3 heterocycles. The average molecular weight is 596 g/mol. The Kier molecular flexibility index (Phi) is 10.3. The summed E-state index contributed by atoms with van der Waals surface area (Å²) in [7, 11) is 1.37. The first kappa shape index (κ1) is 31.7. The number of carbonyl (C=O) groups is 2. The number of nitrogens with zero attached hydrogens (tertiary/aromatic N) is 4. The van der Waals surface area contributed by atoms with Crippen molar-refractivity contribution in [3.63, 3.8) is 0 Å². The first-order chi connectivity index (χ1) is 19.8. The third kappa shape index (κ3) is 8.33. The number of carboxylic acid groups (broad SMARTS) is 1. The number of benzene rings is 1. The van der Waals surface area contributed by atoms with Gasteiger partial charge in [0.25, 0.3) is 11.5 Å². The van der Waals surface area contributed by atoms with Crippen LogP contribution in [-0.4, -0.2) is 62.2 Å². The second-order valence-electron chi connectivity index (χ2n) is 8.69. The van der Waals surface area contributed by atoms with Gasteiger partial charge < -0.3 is 29.7 Å². The van der Waals surface area contributed by atoms with E-state index in [4.69, 9.17) is 24.6 Å². The number of nitrogens with one attached hydrogen (secondary N) is 1. The number of hydrogen-bond acceptors (Lipinski definition) is 9. The van der Waals surface area contributed by atoms with E-state index in [1.54, 1.807) is 25.3 Å². The topological polar surface area (TPSA) is 165 Å². The number of ether oxygens (including phenoxy) is 1. The van der Waals surface area contributed by atoms with Crippen LogP contribution in [0.1, 0.15) is 45.7 Å². The lowest BCUT2D eigenvalue weighted by molar-refractivity contribution is -0.192. The smallest absolute Gasteiger partial charge is 0.490 e. The highest BCUT2D eigenvalue weighted by Crippen LogP contribution is 2.28. The van der Waals surface area contributed by atoms with Crippen molar-refractivity contribution in [2.75, 3.05) is 13.7 Å². The normalized spacial score (nSPS) is 14.3. The maximum atomic E-state index is 13.6. The maximum absolute atomic E-state index is 13.6. The molecule has 1 aromatic carbocycles. The minimum atomic E-state index is -5.08. The molecule has 0 fully saturated rings. The van der Waals surface area contributed by atoms with Gasteiger partial charge in [-0.25, -0.2) is 19.2 Å². The van der Waals surface area contributed by atoms with Gasteiger partial charge in [0.2, 0.25) is 0 Å². The molecule has 224 valence electrons. The molecule has 0 spiro atoms. The number of halogens is 4. The summed E-state index contributed by atoms with van der Waals surface area (Å²) >= 11 is 0. The molecule has 1 unspecified atom stereocenters. The first-order valence-electron chi connectivity index (χ1n) is 12.1. The molecule has 3 N–H and O–H groups in total. The molecule has 4 rings (SSSR count). The number of carboxylic acids is 1. The number of carbonyl (C=O) groups excluding carboxylic acids is 1. The highest BCUT2D eigenvalue weighted by Gasteiger charge is 2.38. The molecule has 1 amide bonds. The molecule has 1 aliphatic rings. The highest BCUT2D eigenvalue weighted by molar-refractivity contribution is 6.02. The molecule has 0 aliphatic carbocycles. The van der Waals surface area contributed by atoms with E-state index in [-0.39, 0.29) is 36.7 Å². The van der Waals surface area contributed by atoms with E-state index in [1.807, 2.05) is 0 Å². The monoisotopic (exact) mass is 595 g/mol. The van der Waals surface area contributed by atoms with Crippen molar-refractivity contribution < 1.29 is 46.9 Å². The Balaban J connectivity index is 0.000000616. The quantitative estimate of drug-likeness (QED) is 0.332. The highest BCUT2D eigenvalue weighted by atomic mass is 19.4. The molecule has 0 bridgehead atoms. The van der Waals surface area contributed by atoms with Crippen LogP contribution in [0.15, 0.2) is 52.5 Å². The fourth-order valence-electron chi connectivity index (χ4n) is 3.65. The lowest BCUT2D eigenvalue weighted by Crippen LogP contribution is -2.25. The summed E-state index contributed by atoms with van der Waals surface area (Å²) in [5.41, 5.74) is 2.33. The minimum Gasteiger partial charge on any atom is -0.494 e. The van der Waals surface area contributed by atoms with E-state index in [9.17, 15) is 27.2 Å². The van der Waals surface area contributed by atoms with Gasteiger partial charge >= 0.3 is 12.1 Å². The van der Waals surface area contributed by atoms with Crippen LogP contribution in [0, 0.1) is 12.7 Å². The summed E-state index contributed by atoms with van der Waals surface area (Å²) in [5.74, 6) is -3.18. The van der Waals surface area contributed by atoms with Gasteiger partial charge in [0.15, 0.2) is 17.7 Å². The van der Waals surface area contributed by atoms with Gasteiger partial charge in [0.1, 0.15) is 17.2 Å². The molecule has 0 saturated heterocycles. The zero-order chi connectivity index (χ0) is 31.0. The second kappa shape index (κ2) is 13.7. The van der Waals surface area contributed by atoms with E-state index < -0.39 is 30.0 Å². The average Bonchev–Trinajstić information content (AvgIpc) is 3.44. The predicted octanol–water partition coefficient (Wildman–Crippen LogP) is 2.52. The van der Waals surface area contributed by atoms with Crippen molar-refractivity contribution in [1.82, 2.24) is 19.9 Å². The Labute approximate surface area is 235 Å². The fourth-order valence-corrected chi connectivity index (χ4v) is 3.65. The molecule has 3 aromatic rings. The van der Waals surface area contributed by atoms with E-state index >= 15 is 0 Å². The molecule has 16 heteroatoms. The SMILES string of the molecule is COc1cc(CNC(=O)c2cc(C3=NOC(c4ccc(=O)n(CCO)c4)C3)nc(C)n2)ccc1F.O=C(O)C(F)(F)F. The van der Waals surface area contributed by atoms with Crippen molar-refractivity contribution in [1.29, 1.82) is 0 Å². The largest absolute Gasteiger partial charge is 0.494 e. The molecule has 2 aromatic heterocycles. The van der Waals surface area contributed by atoms with Gasteiger partial charge in [-0.2, -0.15) is 13.2 Å². The number of methoxy groups -OCH3 is 1. The Bertz CT molecular complexity index is 1540. The van der Waals surface area contributed by atoms with Crippen LogP contribution < -0.4 is 15.6 Å². The van der Waals surface area contributed by atoms with Gasteiger partial charge in [-0.15, -0.1) is 0 Å². The van der Waals surface area contributed by atoms with Crippen molar-refractivity contribution in [2.24, 2.45) is 5.16 Å². The number of pyridine rings is 1. The number of rotatable bonds is 8. The molecule has 12 nitrogen and oxygen atoms in total. The van der Waals surface area contributed by atoms with E-state index in [0.717, 1.165) is 5.56 Å². The molecule has 1 atom stereocenters. The van der Waals surface area contributed by atoms with E-state index in [2.05, 4.69) is 20.4 Å². The van der Waals surface area contributed by atoms with Crippen LogP contribution in [-0.2, 0) is 22.7 Å². The molecule has 42 heavy (non-hydrogen) atoms. The zero-order valence-corrected chi connectivity index (χ0v) is 22.2. The summed E-state index contributed by atoms with van der Waals surface area (Å²) in [6.45, 7) is 1.85. The van der Waals surface area contributed by atoms with Crippen molar-refractivity contribution in [3.8, 4) is 5.75 Å². The van der Waals surface area contributed by atoms with Crippen LogP contribution in [0.4, 0.5) is 17.6 Å². The van der Waals surface area contributed by atoms with Crippen LogP contribution in [0.25, 0.3) is 0 Å².